The van der Waals surface area contributed by atoms with Gasteiger partial charge in [-0.15, -0.1) is 0 Å². The monoisotopic (exact) mass is 276 g/mol. The summed E-state index contributed by atoms with van der Waals surface area (Å²) in [6.45, 7) is 0.472. The third-order valence-electron chi connectivity index (χ3n) is 2.68. The van der Waals surface area contributed by atoms with Gasteiger partial charge in [-0.2, -0.15) is 0 Å². The van der Waals surface area contributed by atoms with Gasteiger partial charge < -0.3 is 0 Å². The van der Waals surface area contributed by atoms with Gasteiger partial charge in [-0.1, -0.05) is 29.0 Å². The molecule has 0 aliphatic heterocycles. The number of pyridine rings is 1. The van der Waals surface area contributed by atoms with Crippen molar-refractivity contribution in [1.82, 2.24) is 9.55 Å². The number of fused-ring (bicyclic) bond motifs is 1. The van der Waals surface area contributed by atoms with Crippen molar-refractivity contribution < 1.29 is 0 Å². The third-order valence-corrected chi connectivity index (χ3v) is 3.87. The second-order valence-electron chi connectivity index (χ2n) is 3.89. The van der Waals surface area contributed by atoms with Gasteiger partial charge in [-0.3, -0.25) is 14.3 Å². The van der Waals surface area contributed by atoms with Crippen LogP contribution >= 0.6 is 22.9 Å². The van der Waals surface area contributed by atoms with Crippen LogP contribution < -0.4 is 4.87 Å². The molecule has 90 valence electrons. The summed E-state index contributed by atoms with van der Waals surface area (Å²) in [5, 5.41) is 0.634. The largest absolute Gasteiger partial charge is 0.308 e. The van der Waals surface area contributed by atoms with Gasteiger partial charge in [0, 0.05) is 11.2 Å². The topological polar surface area (TPSA) is 34.9 Å². The first-order chi connectivity index (χ1) is 8.74. The molecule has 0 fully saturated rings. The predicted octanol–water partition coefficient (Wildman–Crippen LogP) is 3.16. The zero-order valence-corrected chi connectivity index (χ0v) is 10.9. The van der Waals surface area contributed by atoms with Gasteiger partial charge in [-0.25, -0.2) is 0 Å². The predicted molar refractivity (Wildman–Crippen MR) is 74.4 cm³/mol. The molecule has 0 spiro atoms. The smallest absolute Gasteiger partial charge is 0.293 e. The van der Waals surface area contributed by atoms with Crippen molar-refractivity contribution in [3.8, 4) is 0 Å². The van der Waals surface area contributed by atoms with Crippen LogP contribution in [0.5, 0.6) is 0 Å². The van der Waals surface area contributed by atoms with Gasteiger partial charge >= 0.3 is 4.87 Å². The van der Waals surface area contributed by atoms with E-state index in [4.69, 9.17) is 11.6 Å². The van der Waals surface area contributed by atoms with Crippen molar-refractivity contribution in [2.45, 2.75) is 6.54 Å². The average Bonchev–Trinajstić information content (AvgIpc) is 2.67. The van der Waals surface area contributed by atoms with Crippen LogP contribution in [-0.2, 0) is 6.54 Å². The van der Waals surface area contributed by atoms with E-state index in [0.717, 1.165) is 15.9 Å². The zero-order valence-electron chi connectivity index (χ0n) is 9.34. The summed E-state index contributed by atoms with van der Waals surface area (Å²) in [6, 6.07) is 11.2. The Morgan fingerprint density at radius 3 is 2.94 bits per heavy atom. The maximum absolute atomic E-state index is 12.0. The Hall–Kier alpha value is -1.65. The Morgan fingerprint density at radius 1 is 1.28 bits per heavy atom. The molecule has 0 unspecified atom stereocenters. The molecule has 0 saturated heterocycles. The lowest BCUT2D eigenvalue weighted by molar-refractivity contribution is 0.789. The minimum atomic E-state index is 0.0120. The van der Waals surface area contributed by atoms with E-state index in [9.17, 15) is 4.79 Å². The lowest BCUT2D eigenvalue weighted by atomic mass is 10.3. The molecule has 2 heterocycles. The molecule has 0 aliphatic rings. The fraction of sp³-hybridized carbons (Fsp3) is 0.0769. The number of benzene rings is 1. The van der Waals surface area contributed by atoms with Crippen LogP contribution in [0.4, 0.5) is 0 Å². The molecule has 0 amide bonds. The molecule has 5 heteroatoms. The summed E-state index contributed by atoms with van der Waals surface area (Å²) in [5.41, 5.74) is 1.72. The van der Waals surface area contributed by atoms with E-state index in [1.165, 1.54) is 11.3 Å². The average molecular weight is 277 g/mol. The van der Waals surface area contributed by atoms with Crippen molar-refractivity contribution in [2.24, 2.45) is 0 Å². The van der Waals surface area contributed by atoms with Crippen LogP contribution in [0, 0.1) is 0 Å². The van der Waals surface area contributed by atoms with Crippen LogP contribution in [0.3, 0.4) is 0 Å². The number of rotatable bonds is 2. The molecule has 0 radical (unpaired) electrons. The molecule has 0 N–H and O–H groups in total. The summed E-state index contributed by atoms with van der Waals surface area (Å²) in [4.78, 5) is 16.2. The van der Waals surface area contributed by atoms with E-state index in [-0.39, 0.29) is 4.87 Å². The third kappa shape index (κ3) is 2.05. The molecular weight excluding hydrogens is 268 g/mol. The number of halogens is 1. The normalized spacial score (nSPS) is 10.9. The van der Waals surface area contributed by atoms with Crippen molar-refractivity contribution in [1.29, 1.82) is 0 Å². The number of hydrogen-bond donors (Lipinski definition) is 0. The molecular formula is C13H9ClN2OS. The first-order valence-corrected chi connectivity index (χ1v) is 6.62. The molecule has 1 aromatic carbocycles. The van der Waals surface area contributed by atoms with Crippen LogP contribution in [0.15, 0.2) is 47.4 Å². The van der Waals surface area contributed by atoms with Gasteiger partial charge in [0.25, 0.3) is 0 Å². The fourth-order valence-corrected chi connectivity index (χ4v) is 2.88. The lowest BCUT2D eigenvalue weighted by Gasteiger charge is -2.03. The molecule has 0 bridgehead atoms. The van der Waals surface area contributed by atoms with Crippen LogP contribution in [0.25, 0.3) is 10.2 Å². The van der Waals surface area contributed by atoms with Crippen LogP contribution in [0.1, 0.15) is 5.69 Å². The highest BCUT2D eigenvalue weighted by molar-refractivity contribution is 7.16. The highest BCUT2D eigenvalue weighted by Crippen LogP contribution is 2.21. The van der Waals surface area contributed by atoms with Gasteiger partial charge in [0.1, 0.15) is 0 Å². The SMILES string of the molecule is O=c1sc2ccc(Cl)cc2n1Cc1ccccn1. The van der Waals surface area contributed by atoms with Crippen molar-refractivity contribution in [3.63, 3.8) is 0 Å². The minimum absolute atomic E-state index is 0.0120. The van der Waals surface area contributed by atoms with Crippen LogP contribution in [0.2, 0.25) is 5.02 Å². The maximum atomic E-state index is 12.0. The molecule has 0 atom stereocenters. The minimum Gasteiger partial charge on any atom is -0.293 e. The van der Waals surface area contributed by atoms with Crippen LogP contribution in [-0.4, -0.2) is 9.55 Å². The molecule has 3 rings (SSSR count). The van der Waals surface area contributed by atoms with Crippen molar-refractivity contribution in [2.75, 3.05) is 0 Å². The van der Waals surface area contributed by atoms with Gasteiger partial charge in [-0.05, 0) is 30.3 Å². The molecule has 3 nitrogen and oxygen atoms in total. The molecule has 0 aliphatic carbocycles. The Balaban J connectivity index is 2.14. The van der Waals surface area contributed by atoms with Crippen molar-refractivity contribution >= 4 is 33.2 Å². The highest BCUT2D eigenvalue weighted by atomic mass is 35.5. The Bertz CT molecular complexity index is 749. The lowest BCUT2D eigenvalue weighted by Crippen LogP contribution is -2.14. The quantitative estimate of drug-likeness (QED) is 0.721. The summed E-state index contributed by atoms with van der Waals surface area (Å²) in [7, 11) is 0. The number of nitrogens with zero attached hydrogens (tertiary/aromatic N) is 2. The second-order valence-corrected chi connectivity index (χ2v) is 5.32. The van der Waals surface area contributed by atoms with Gasteiger partial charge in [0.2, 0.25) is 0 Å². The Labute approximate surface area is 112 Å². The zero-order chi connectivity index (χ0) is 12.5. The fourth-order valence-electron chi connectivity index (χ4n) is 1.84. The second kappa shape index (κ2) is 4.55. The van der Waals surface area contributed by atoms with E-state index in [0.29, 0.717) is 11.6 Å². The summed E-state index contributed by atoms with van der Waals surface area (Å²) >= 11 is 7.20. The van der Waals surface area contributed by atoms with E-state index >= 15 is 0 Å². The Kier molecular flexibility index (Phi) is 2.89. The van der Waals surface area contributed by atoms with Crippen molar-refractivity contribution in [3.05, 3.63) is 63.0 Å². The standard InChI is InChI=1S/C13H9ClN2OS/c14-9-4-5-12-11(7-9)16(13(17)18-12)8-10-3-1-2-6-15-10/h1-7H,8H2. The van der Waals surface area contributed by atoms with Gasteiger partial charge in [0.05, 0.1) is 22.5 Å². The van der Waals surface area contributed by atoms with Gasteiger partial charge in [0.15, 0.2) is 0 Å². The summed E-state index contributed by atoms with van der Waals surface area (Å²) < 4.78 is 2.65. The molecule has 3 aromatic rings. The van der Waals surface area contributed by atoms with E-state index < -0.39 is 0 Å². The number of aromatic nitrogens is 2. The first kappa shape index (κ1) is 11.4. The summed E-state index contributed by atoms with van der Waals surface area (Å²) in [6.07, 6.45) is 1.72. The number of hydrogen-bond acceptors (Lipinski definition) is 3. The highest BCUT2D eigenvalue weighted by Gasteiger charge is 2.08. The van der Waals surface area contributed by atoms with E-state index in [1.807, 2.05) is 30.3 Å². The molecule has 2 aromatic heterocycles. The van der Waals surface area contributed by atoms with E-state index in [2.05, 4.69) is 4.98 Å². The van der Waals surface area contributed by atoms with E-state index in [1.54, 1.807) is 16.8 Å². The first-order valence-electron chi connectivity index (χ1n) is 5.43. The molecule has 0 saturated carbocycles. The Morgan fingerprint density at radius 2 is 2.17 bits per heavy atom. The molecule has 18 heavy (non-hydrogen) atoms. The maximum Gasteiger partial charge on any atom is 0.308 e. The number of thiazole rings is 1. The summed E-state index contributed by atoms with van der Waals surface area (Å²) in [5.74, 6) is 0.